The van der Waals surface area contributed by atoms with Gasteiger partial charge in [0.1, 0.15) is 10.7 Å². The van der Waals surface area contributed by atoms with Gasteiger partial charge in [0.25, 0.3) is 5.56 Å². The molecule has 2 aromatic carbocycles. The van der Waals surface area contributed by atoms with E-state index in [1.807, 2.05) is 12.1 Å². The van der Waals surface area contributed by atoms with E-state index in [9.17, 15) is 18.3 Å². The molecule has 0 bridgehead atoms. The number of fused-ring (bicyclic) bond motifs is 3. The quantitative estimate of drug-likeness (QED) is 0.324. The molecule has 7 nitrogen and oxygen atoms in total. The van der Waals surface area contributed by atoms with Crippen molar-refractivity contribution in [2.24, 2.45) is 0 Å². The van der Waals surface area contributed by atoms with Crippen molar-refractivity contribution in [3.05, 3.63) is 81.4 Å². The maximum absolute atomic E-state index is 14.0. The molecule has 1 aliphatic carbocycles. The summed E-state index contributed by atoms with van der Waals surface area (Å²) < 4.78 is 26.6. The lowest BCUT2D eigenvalue weighted by Gasteiger charge is -2.16. The Morgan fingerprint density at radius 2 is 2.00 bits per heavy atom. The molecular weight excluding hydrogens is 518 g/mol. The fourth-order valence-electron chi connectivity index (χ4n) is 4.52. The van der Waals surface area contributed by atoms with Crippen LogP contribution in [0.5, 0.6) is 5.75 Å². The van der Waals surface area contributed by atoms with Gasteiger partial charge in [-0.25, -0.2) is 13.4 Å². The number of aromatic hydroxyl groups is 1. The zero-order valence-electron chi connectivity index (χ0n) is 19.1. The van der Waals surface area contributed by atoms with E-state index in [-0.39, 0.29) is 33.7 Å². The van der Waals surface area contributed by atoms with Crippen molar-refractivity contribution < 1.29 is 13.5 Å². The van der Waals surface area contributed by atoms with Gasteiger partial charge in [-0.1, -0.05) is 23.7 Å². The second-order valence-corrected chi connectivity index (χ2v) is 12.5. The van der Waals surface area contributed by atoms with Crippen LogP contribution in [-0.2, 0) is 16.4 Å². The van der Waals surface area contributed by atoms with Gasteiger partial charge in [0.15, 0.2) is 15.6 Å². The van der Waals surface area contributed by atoms with Crippen molar-refractivity contribution in [2.45, 2.75) is 30.2 Å². The molecule has 5 aromatic rings. The van der Waals surface area contributed by atoms with Crippen molar-refractivity contribution in [1.82, 2.24) is 14.5 Å². The van der Waals surface area contributed by atoms with Gasteiger partial charge in [0.05, 0.1) is 26.5 Å². The number of rotatable bonds is 5. The SMILES string of the molecule is CS(=O)(=O)c1ccc(-c2nc3sc4c(O)c(Cl)ccc4c3c(=O)n2Cc2cccnc2)c(C2CC2)c1. The molecule has 10 heteroatoms. The first-order valence-corrected chi connectivity index (χ1v) is 14.4. The summed E-state index contributed by atoms with van der Waals surface area (Å²) in [6.07, 6.45) is 6.46. The Bertz CT molecular complexity index is 1840. The van der Waals surface area contributed by atoms with Crippen LogP contribution in [0.1, 0.15) is 29.9 Å². The molecule has 0 saturated heterocycles. The van der Waals surface area contributed by atoms with E-state index >= 15 is 0 Å². The highest BCUT2D eigenvalue weighted by molar-refractivity contribution is 7.90. The molecule has 1 aliphatic rings. The van der Waals surface area contributed by atoms with Crippen molar-refractivity contribution in [2.75, 3.05) is 6.26 Å². The second-order valence-electron chi connectivity index (χ2n) is 9.04. The van der Waals surface area contributed by atoms with Gasteiger partial charge in [-0.3, -0.25) is 14.3 Å². The first-order valence-electron chi connectivity index (χ1n) is 11.3. The number of benzene rings is 2. The lowest BCUT2D eigenvalue weighted by Crippen LogP contribution is -2.24. The summed E-state index contributed by atoms with van der Waals surface area (Å²) in [6, 6.07) is 12.0. The molecule has 3 aromatic heterocycles. The number of phenolic OH excluding ortho intramolecular Hbond substituents is 1. The first-order chi connectivity index (χ1) is 17.2. The van der Waals surface area contributed by atoms with Crippen molar-refractivity contribution in [1.29, 1.82) is 0 Å². The highest BCUT2D eigenvalue weighted by Gasteiger charge is 2.30. The van der Waals surface area contributed by atoms with Crippen LogP contribution in [0.4, 0.5) is 0 Å². The largest absolute Gasteiger partial charge is 0.505 e. The topological polar surface area (TPSA) is 102 Å². The van der Waals surface area contributed by atoms with E-state index < -0.39 is 9.84 Å². The fourth-order valence-corrected chi connectivity index (χ4v) is 6.50. The minimum Gasteiger partial charge on any atom is -0.505 e. The third-order valence-corrected chi connectivity index (χ3v) is 8.98. The van der Waals surface area contributed by atoms with Crippen LogP contribution in [0.3, 0.4) is 0 Å². The zero-order valence-corrected chi connectivity index (χ0v) is 21.5. The number of halogens is 1. The Morgan fingerprint density at radius 1 is 1.19 bits per heavy atom. The molecule has 182 valence electrons. The van der Waals surface area contributed by atoms with Crippen LogP contribution in [0.2, 0.25) is 5.02 Å². The molecule has 1 saturated carbocycles. The third kappa shape index (κ3) is 3.87. The summed E-state index contributed by atoms with van der Waals surface area (Å²) in [4.78, 5) is 23.9. The first kappa shape index (κ1) is 23.1. The van der Waals surface area contributed by atoms with Crippen molar-refractivity contribution >= 4 is 53.1 Å². The number of thiophene rings is 1. The molecule has 1 fully saturated rings. The van der Waals surface area contributed by atoms with Gasteiger partial charge in [-0.2, -0.15) is 0 Å². The number of phenols is 1. The Hall–Kier alpha value is -3.27. The molecule has 3 heterocycles. The van der Waals surface area contributed by atoms with Gasteiger partial charge < -0.3 is 5.11 Å². The maximum atomic E-state index is 14.0. The molecule has 36 heavy (non-hydrogen) atoms. The summed E-state index contributed by atoms with van der Waals surface area (Å²) in [5.74, 6) is 0.593. The Morgan fingerprint density at radius 3 is 2.69 bits per heavy atom. The van der Waals surface area contributed by atoms with E-state index in [1.54, 1.807) is 47.3 Å². The van der Waals surface area contributed by atoms with Crippen LogP contribution in [0.25, 0.3) is 31.7 Å². The molecule has 0 spiro atoms. The van der Waals surface area contributed by atoms with Crippen LogP contribution < -0.4 is 5.56 Å². The molecule has 0 unspecified atom stereocenters. The Labute approximate surface area is 215 Å². The third-order valence-electron chi connectivity index (χ3n) is 6.46. The van der Waals surface area contributed by atoms with Crippen LogP contribution in [-0.4, -0.2) is 34.3 Å². The fraction of sp³-hybridized carbons (Fsp3) is 0.192. The molecule has 0 amide bonds. The smallest absolute Gasteiger partial charge is 0.263 e. The zero-order chi connectivity index (χ0) is 25.2. The predicted octanol–water partition coefficient (Wildman–Crippen LogP) is 5.36. The summed E-state index contributed by atoms with van der Waals surface area (Å²) in [5, 5.41) is 11.8. The van der Waals surface area contributed by atoms with Crippen LogP contribution in [0.15, 0.2) is 64.5 Å². The van der Waals surface area contributed by atoms with Gasteiger partial charge in [-0.15, -0.1) is 11.3 Å². The minimum atomic E-state index is -3.39. The lowest BCUT2D eigenvalue weighted by atomic mass is 10.0. The number of hydrogen-bond acceptors (Lipinski definition) is 7. The van der Waals surface area contributed by atoms with Crippen molar-refractivity contribution in [3.8, 4) is 17.1 Å². The molecule has 6 rings (SSSR count). The van der Waals surface area contributed by atoms with Gasteiger partial charge in [0, 0.05) is 29.6 Å². The summed E-state index contributed by atoms with van der Waals surface area (Å²) in [5.41, 5.74) is 2.18. The highest BCUT2D eigenvalue weighted by atomic mass is 35.5. The Balaban J connectivity index is 1.68. The molecule has 1 N–H and O–H groups in total. The molecular formula is C26H20ClN3O4S2. The summed E-state index contributed by atoms with van der Waals surface area (Å²) in [7, 11) is -3.39. The number of nitrogens with zero attached hydrogens (tertiary/aromatic N) is 3. The summed E-state index contributed by atoms with van der Waals surface area (Å²) in [6.45, 7) is 0.236. The average Bonchev–Trinajstić information content (AvgIpc) is 3.63. The number of aromatic nitrogens is 3. The minimum absolute atomic E-state index is 0.0758. The predicted molar refractivity (Wildman–Crippen MR) is 142 cm³/mol. The monoisotopic (exact) mass is 537 g/mol. The number of pyridine rings is 1. The van der Waals surface area contributed by atoms with Gasteiger partial charge >= 0.3 is 0 Å². The Kier molecular flexibility index (Phi) is 5.40. The molecule has 0 atom stereocenters. The normalized spacial score (nSPS) is 14.1. The van der Waals surface area contributed by atoms with E-state index in [2.05, 4.69) is 4.98 Å². The van der Waals surface area contributed by atoms with Gasteiger partial charge in [-0.05, 0) is 60.2 Å². The molecule has 0 radical (unpaired) electrons. The van der Waals surface area contributed by atoms with Crippen LogP contribution >= 0.6 is 22.9 Å². The van der Waals surface area contributed by atoms with Crippen molar-refractivity contribution in [3.63, 3.8) is 0 Å². The van der Waals surface area contributed by atoms with E-state index in [4.69, 9.17) is 16.6 Å². The van der Waals surface area contributed by atoms with Crippen LogP contribution in [0, 0.1) is 0 Å². The average molecular weight is 538 g/mol. The number of hydrogen-bond donors (Lipinski definition) is 1. The van der Waals surface area contributed by atoms with Gasteiger partial charge in [0.2, 0.25) is 0 Å². The number of sulfone groups is 1. The molecule has 0 aliphatic heterocycles. The maximum Gasteiger partial charge on any atom is 0.263 e. The standard InChI is InChI=1S/C26H20ClN3O4S2/c1-36(33,34)16-6-7-17(19(11-16)15-4-5-15)24-29-25-21(18-8-9-20(27)22(31)23(18)35-25)26(32)30(24)13-14-3-2-10-28-12-14/h2-3,6-12,15,31H,4-5,13H2,1H3. The van der Waals surface area contributed by atoms with E-state index in [1.165, 1.54) is 17.6 Å². The summed E-state index contributed by atoms with van der Waals surface area (Å²) >= 11 is 7.34. The lowest BCUT2D eigenvalue weighted by molar-refractivity contribution is 0.483. The second kappa shape index (κ2) is 8.40. The van der Waals surface area contributed by atoms with E-state index in [0.29, 0.717) is 26.1 Å². The highest BCUT2D eigenvalue weighted by Crippen LogP contribution is 2.46. The van der Waals surface area contributed by atoms with E-state index in [0.717, 1.165) is 29.5 Å².